The Morgan fingerprint density at radius 3 is 1.48 bits per heavy atom. The molecule has 1 unspecified atom stereocenters. The lowest BCUT2D eigenvalue weighted by Gasteiger charge is -2.36. The first kappa shape index (κ1) is 30.5. The van der Waals surface area contributed by atoms with Gasteiger partial charge in [0.05, 0.1) is 0 Å². The van der Waals surface area contributed by atoms with E-state index in [1.54, 1.807) is 0 Å². The Balaban J connectivity index is 0.00000900. The van der Waals surface area contributed by atoms with Crippen molar-refractivity contribution in [2.45, 2.75) is 142 Å². The van der Waals surface area contributed by atoms with Crippen LogP contribution in [0.5, 0.6) is 0 Å². The molecule has 1 atom stereocenters. The maximum absolute atomic E-state index is 6.84. The quantitative estimate of drug-likeness (QED) is 0.196. The first-order valence-electron chi connectivity index (χ1n) is 13.5. The zero-order valence-electron chi connectivity index (χ0n) is 21.2. The molecule has 0 saturated carbocycles. The Bertz CT molecular complexity index is 483. The van der Waals surface area contributed by atoms with E-state index >= 15 is 0 Å². The van der Waals surface area contributed by atoms with Crippen molar-refractivity contribution >= 4 is 12.4 Å². The molecule has 0 fully saturated rings. The van der Waals surface area contributed by atoms with Crippen LogP contribution in [0.4, 0.5) is 0 Å². The number of benzene rings is 1. The first-order valence-corrected chi connectivity index (χ1v) is 13.5. The van der Waals surface area contributed by atoms with Gasteiger partial charge in [-0.05, 0) is 37.2 Å². The SMILES string of the molecule is CCCCCCCCCCCCCCCCC(Cc1ccccc1)C(N)(CC)CC.Cl. The van der Waals surface area contributed by atoms with E-state index < -0.39 is 0 Å². The van der Waals surface area contributed by atoms with Gasteiger partial charge in [-0.1, -0.05) is 141 Å². The molecule has 2 heteroatoms. The highest BCUT2D eigenvalue weighted by Crippen LogP contribution is 2.30. The van der Waals surface area contributed by atoms with Crippen molar-refractivity contribution in [2.24, 2.45) is 11.7 Å². The zero-order valence-corrected chi connectivity index (χ0v) is 22.0. The number of hydrogen-bond acceptors (Lipinski definition) is 1. The Kier molecular flexibility index (Phi) is 19.8. The third kappa shape index (κ3) is 14.3. The Labute approximate surface area is 201 Å². The van der Waals surface area contributed by atoms with Crippen molar-refractivity contribution in [1.29, 1.82) is 0 Å². The van der Waals surface area contributed by atoms with Crippen molar-refractivity contribution in [3.05, 3.63) is 35.9 Å². The average molecular weight is 452 g/mol. The summed E-state index contributed by atoms with van der Waals surface area (Å²) >= 11 is 0. The highest BCUT2D eigenvalue weighted by atomic mass is 35.5. The Hall–Kier alpha value is -0.530. The van der Waals surface area contributed by atoms with Crippen molar-refractivity contribution in [3.8, 4) is 0 Å². The lowest BCUT2D eigenvalue weighted by molar-refractivity contribution is 0.229. The minimum absolute atomic E-state index is 0. The van der Waals surface area contributed by atoms with Crippen LogP contribution in [0.2, 0.25) is 0 Å². The summed E-state index contributed by atoms with van der Waals surface area (Å²) < 4.78 is 0. The van der Waals surface area contributed by atoms with Crippen LogP contribution in [0.3, 0.4) is 0 Å². The molecule has 0 bridgehead atoms. The smallest absolute Gasteiger partial charge is 0.0180 e. The second-order valence-corrected chi connectivity index (χ2v) is 9.71. The predicted molar refractivity (Wildman–Crippen MR) is 143 cm³/mol. The van der Waals surface area contributed by atoms with Crippen LogP contribution in [0.15, 0.2) is 30.3 Å². The van der Waals surface area contributed by atoms with Crippen molar-refractivity contribution in [2.75, 3.05) is 0 Å². The lowest BCUT2D eigenvalue weighted by Crippen LogP contribution is -2.47. The summed E-state index contributed by atoms with van der Waals surface area (Å²) in [5.41, 5.74) is 8.28. The number of hydrogen-bond donors (Lipinski definition) is 1. The molecule has 0 amide bonds. The van der Waals surface area contributed by atoms with Gasteiger partial charge < -0.3 is 5.73 Å². The maximum Gasteiger partial charge on any atom is 0.0180 e. The van der Waals surface area contributed by atoms with Crippen molar-refractivity contribution < 1.29 is 0 Å². The summed E-state index contributed by atoms with van der Waals surface area (Å²) in [4.78, 5) is 0. The number of halogens is 1. The van der Waals surface area contributed by atoms with Crippen LogP contribution in [0.25, 0.3) is 0 Å². The molecule has 0 aromatic heterocycles. The number of rotatable bonds is 20. The molecule has 0 aliphatic heterocycles. The van der Waals surface area contributed by atoms with Gasteiger partial charge >= 0.3 is 0 Å². The van der Waals surface area contributed by atoms with E-state index in [0.717, 1.165) is 19.3 Å². The van der Waals surface area contributed by atoms with E-state index in [1.165, 1.54) is 102 Å². The van der Waals surface area contributed by atoms with Crippen LogP contribution in [0.1, 0.15) is 135 Å². The summed E-state index contributed by atoms with van der Waals surface area (Å²) in [6.07, 6.45) is 24.6. The van der Waals surface area contributed by atoms with Crippen LogP contribution in [-0.4, -0.2) is 5.54 Å². The van der Waals surface area contributed by atoms with Gasteiger partial charge in [0.25, 0.3) is 0 Å². The molecule has 1 aromatic rings. The molecule has 31 heavy (non-hydrogen) atoms. The van der Waals surface area contributed by atoms with E-state index in [9.17, 15) is 0 Å². The van der Waals surface area contributed by atoms with Gasteiger partial charge in [-0.15, -0.1) is 12.4 Å². The van der Waals surface area contributed by atoms with E-state index in [-0.39, 0.29) is 17.9 Å². The summed E-state index contributed by atoms with van der Waals surface area (Å²) in [6.45, 7) is 6.84. The number of nitrogens with two attached hydrogens (primary N) is 1. The van der Waals surface area contributed by atoms with E-state index in [2.05, 4.69) is 51.1 Å². The van der Waals surface area contributed by atoms with E-state index in [4.69, 9.17) is 5.73 Å². The molecule has 182 valence electrons. The number of unbranched alkanes of at least 4 members (excludes halogenated alkanes) is 13. The van der Waals surface area contributed by atoms with Crippen molar-refractivity contribution in [3.63, 3.8) is 0 Å². The van der Waals surface area contributed by atoms with Crippen LogP contribution < -0.4 is 5.73 Å². The van der Waals surface area contributed by atoms with Gasteiger partial charge in [0, 0.05) is 5.54 Å². The predicted octanol–water partition coefficient (Wildman–Crippen LogP) is 9.66. The zero-order chi connectivity index (χ0) is 21.9. The van der Waals surface area contributed by atoms with Crippen LogP contribution >= 0.6 is 12.4 Å². The fraction of sp³-hybridized carbons (Fsp3) is 0.793. The van der Waals surface area contributed by atoms with Crippen LogP contribution in [0, 0.1) is 5.92 Å². The van der Waals surface area contributed by atoms with Gasteiger partial charge in [0.2, 0.25) is 0 Å². The molecule has 0 radical (unpaired) electrons. The molecular formula is C29H54ClN. The standard InChI is InChI=1S/C29H53N.ClH/c1-4-7-8-9-10-11-12-13-14-15-16-17-18-22-25-28(29(30,5-2)6-3)26-27-23-20-19-21-24-27;/h19-21,23-24,28H,4-18,22,25-26,30H2,1-3H3;1H. The highest BCUT2D eigenvalue weighted by molar-refractivity contribution is 5.85. The van der Waals surface area contributed by atoms with Crippen LogP contribution in [-0.2, 0) is 6.42 Å². The Morgan fingerprint density at radius 2 is 1.06 bits per heavy atom. The molecule has 0 saturated heterocycles. The third-order valence-electron chi connectivity index (χ3n) is 7.36. The maximum atomic E-state index is 6.84. The van der Waals surface area contributed by atoms with Gasteiger partial charge in [-0.2, -0.15) is 0 Å². The fourth-order valence-electron chi connectivity index (χ4n) is 4.90. The van der Waals surface area contributed by atoms with Gasteiger partial charge in [0.15, 0.2) is 0 Å². The topological polar surface area (TPSA) is 26.0 Å². The largest absolute Gasteiger partial charge is 0.325 e. The van der Waals surface area contributed by atoms with E-state index in [1.807, 2.05) is 0 Å². The summed E-state index contributed by atoms with van der Waals surface area (Å²) in [5, 5.41) is 0. The van der Waals surface area contributed by atoms with E-state index in [0.29, 0.717) is 5.92 Å². The van der Waals surface area contributed by atoms with Gasteiger partial charge in [-0.25, -0.2) is 0 Å². The molecular weight excluding hydrogens is 398 g/mol. The molecule has 1 rings (SSSR count). The first-order chi connectivity index (χ1) is 14.7. The molecule has 0 spiro atoms. The monoisotopic (exact) mass is 451 g/mol. The van der Waals surface area contributed by atoms with Gasteiger partial charge in [0.1, 0.15) is 0 Å². The fourth-order valence-corrected chi connectivity index (χ4v) is 4.90. The summed E-state index contributed by atoms with van der Waals surface area (Å²) in [6, 6.07) is 11.0. The third-order valence-corrected chi connectivity index (χ3v) is 7.36. The van der Waals surface area contributed by atoms with Gasteiger partial charge in [-0.3, -0.25) is 0 Å². The molecule has 0 heterocycles. The molecule has 2 N–H and O–H groups in total. The highest BCUT2D eigenvalue weighted by Gasteiger charge is 2.30. The Morgan fingerprint density at radius 1 is 0.645 bits per heavy atom. The average Bonchev–Trinajstić information content (AvgIpc) is 2.78. The van der Waals surface area contributed by atoms with Crippen molar-refractivity contribution in [1.82, 2.24) is 0 Å². The lowest BCUT2D eigenvalue weighted by atomic mass is 9.74. The summed E-state index contributed by atoms with van der Waals surface area (Å²) in [7, 11) is 0. The molecule has 0 aliphatic carbocycles. The minimum Gasteiger partial charge on any atom is -0.325 e. The summed E-state index contributed by atoms with van der Waals surface area (Å²) in [5.74, 6) is 0.604. The molecule has 1 aromatic carbocycles. The molecule has 1 nitrogen and oxygen atoms in total. The normalized spacial score (nSPS) is 12.5. The molecule has 0 aliphatic rings. The second kappa shape index (κ2) is 20.1. The minimum atomic E-state index is -0.00756. The second-order valence-electron chi connectivity index (χ2n) is 9.71.